The molecule has 4 aromatic rings. The Morgan fingerprint density at radius 3 is 2.81 bits per heavy atom. The van der Waals surface area contributed by atoms with Gasteiger partial charge in [-0.25, -0.2) is 9.67 Å². The molecular formula is C23H20N6O2S. The van der Waals surface area contributed by atoms with Crippen LogP contribution in [0.4, 0.5) is 5.69 Å². The van der Waals surface area contributed by atoms with Gasteiger partial charge in [-0.3, -0.25) is 14.6 Å². The summed E-state index contributed by atoms with van der Waals surface area (Å²) < 4.78 is 1.61. The van der Waals surface area contributed by atoms with Crippen LogP contribution in [0.2, 0.25) is 0 Å². The number of likely N-dealkylation sites (N-methyl/N-ethyl adjacent to an activating group) is 1. The third-order valence-corrected chi connectivity index (χ3v) is 6.46. The van der Waals surface area contributed by atoms with Crippen molar-refractivity contribution in [3.63, 3.8) is 0 Å². The number of nitrogens with zero attached hydrogens (tertiary/aromatic N) is 5. The van der Waals surface area contributed by atoms with Gasteiger partial charge in [-0.1, -0.05) is 30.3 Å². The number of fused-ring (bicyclic) bond motifs is 3. The van der Waals surface area contributed by atoms with Gasteiger partial charge in [0.1, 0.15) is 12.4 Å². The first-order valence-corrected chi connectivity index (χ1v) is 11.1. The third kappa shape index (κ3) is 3.82. The lowest BCUT2D eigenvalue weighted by Crippen LogP contribution is -2.48. The van der Waals surface area contributed by atoms with Crippen molar-refractivity contribution in [2.75, 3.05) is 17.7 Å². The number of hydrogen-bond acceptors (Lipinski definition) is 6. The van der Waals surface area contributed by atoms with Crippen molar-refractivity contribution < 1.29 is 9.59 Å². The van der Waals surface area contributed by atoms with E-state index in [4.69, 9.17) is 0 Å². The lowest BCUT2D eigenvalue weighted by molar-refractivity contribution is -0.119. The fourth-order valence-electron chi connectivity index (χ4n) is 3.74. The highest BCUT2D eigenvalue weighted by Gasteiger charge is 2.31. The van der Waals surface area contributed by atoms with Crippen LogP contribution in [0.5, 0.6) is 0 Å². The van der Waals surface area contributed by atoms with Crippen molar-refractivity contribution >= 4 is 40.2 Å². The van der Waals surface area contributed by atoms with Gasteiger partial charge in [-0.05, 0) is 29.8 Å². The summed E-state index contributed by atoms with van der Waals surface area (Å²) in [7, 11) is 1.73. The zero-order chi connectivity index (χ0) is 22.1. The van der Waals surface area contributed by atoms with Crippen molar-refractivity contribution in [1.29, 1.82) is 0 Å². The van der Waals surface area contributed by atoms with E-state index in [9.17, 15) is 9.59 Å². The fraction of sp³-hybridized carbons (Fsp3) is 0.174. The summed E-state index contributed by atoms with van der Waals surface area (Å²) in [6, 6.07) is 16.8. The maximum Gasteiger partial charge on any atom is 0.291 e. The lowest BCUT2D eigenvalue weighted by atomic mass is 10.1. The predicted octanol–water partition coefficient (Wildman–Crippen LogP) is 2.74. The number of hydrogen-bond donors (Lipinski definition) is 1. The normalized spacial score (nSPS) is 16.0. The zero-order valence-electron chi connectivity index (χ0n) is 17.3. The molecule has 0 saturated carbocycles. The number of nitrogens with one attached hydrogen (secondary N) is 1. The molecule has 1 atom stereocenters. The minimum Gasteiger partial charge on any atom is -0.337 e. The zero-order valence-corrected chi connectivity index (χ0v) is 18.1. The summed E-state index contributed by atoms with van der Waals surface area (Å²) in [4.78, 5) is 37.1. The van der Waals surface area contributed by atoms with Crippen molar-refractivity contribution in [2.24, 2.45) is 0 Å². The SMILES string of the molecule is CN1C(=O)C(NC(=O)c2ncn(Cc3ccccc3)n2)CSc2ccc3ncccc3c21. The van der Waals surface area contributed by atoms with Crippen LogP contribution in [-0.2, 0) is 11.3 Å². The lowest BCUT2D eigenvalue weighted by Gasteiger charge is -2.22. The van der Waals surface area contributed by atoms with Crippen molar-refractivity contribution in [1.82, 2.24) is 25.1 Å². The van der Waals surface area contributed by atoms with Gasteiger partial charge in [-0.2, -0.15) is 0 Å². The number of aromatic nitrogens is 4. The molecule has 0 spiro atoms. The van der Waals surface area contributed by atoms with Crippen LogP contribution in [0, 0.1) is 0 Å². The fourth-order valence-corrected chi connectivity index (χ4v) is 4.86. The maximum absolute atomic E-state index is 13.2. The molecule has 1 aliphatic heterocycles. The highest BCUT2D eigenvalue weighted by Crippen LogP contribution is 2.38. The molecule has 5 rings (SSSR count). The Morgan fingerprint density at radius 2 is 1.97 bits per heavy atom. The molecule has 0 aliphatic carbocycles. The summed E-state index contributed by atoms with van der Waals surface area (Å²) in [5.41, 5.74) is 2.69. The molecule has 0 bridgehead atoms. The molecule has 3 heterocycles. The Labute approximate surface area is 188 Å². The molecule has 0 radical (unpaired) electrons. The highest BCUT2D eigenvalue weighted by molar-refractivity contribution is 7.99. The minimum atomic E-state index is -0.697. The van der Waals surface area contributed by atoms with Crippen molar-refractivity contribution in [2.45, 2.75) is 17.5 Å². The Morgan fingerprint density at radius 1 is 1.12 bits per heavy atom. The van der Waals surface area contributed by atoms with E-state index in [-0.39, 0.29) is 11.7 Å². The van der Waals surface area contributed by atoms with E-state index in [0.29, 0.717) is 12.3 Å². The Bertz CT molecular complexity index is 1310. The van der Waals surface area contributed by atoms with E-state index >= 15 is 0 Å². The van der Waals surface area contributed by atoms with Crippen LogP contribution in [0.1, 0.15) is 16.2 Å². The predicted molar refractivity (Wildman–Crippen MR) is 123 cm³/mol. The van der Waals surface area contributed by atoms with Gasteiger partial charge in [0.15, 0.2) is 0 Å². The number of rotatable bonds is 4. The standard InChI is InChI=1S/C23H20N6O2S/c1-28-20-16-8-5-11-24-17(16)9-10-19(20)32-13-18(23(28)31)26-22(30)21-25-14-29(27-21)12-15-6-3-2-4-7-15/h2-11,14,18H,12-13H2,1H3,(H,26,30). The van der Waals surface area contributed by atoms with Gasteiger partial charge in [0.05, 0.1) is 17.7 Å². The van der Waals surface area contributed by atoms with Crippen LogP contribution in [-0.4, -0.2) is 50.4 Å². The molecule has 32 heavy (non-hydrogen) atoms. The largest absolute Gasteiger partial charge is 0.337 e. The Balaban J connectivity index is 1.33. The molecule has 9 heteroatoms. The number of thioether (sulfide) groups is 1. The van der Waals surface area contributed by atoms with E-state index in [1.807, 2.05) is 54.6 Å². The first kappa shape index (κ1) is 20.2. The Hall–Kier alpha value is -3.72. The van der Waals surface area contributed by atoms with Crippen molar-refractivity contribution in [3.8, 4) is 0 Å². The molecule has 1 unspecified atom stereocenters. The molecule has 0 fully saturated rings. The topological polar surface area (TPSA) is 93.0 Å². The first-order valence-electron chi connectivity index (χ1n) is 10.1. The summed E-state index contributed by atoms with van der Waals surface area (Å²) in [6.45, 7) is 0.512. The van der Waals surface area contributed by atoms with Gasteiger partial charge in [0.2, 0.25) is 11.7 Å². The number of carbonyl (C=O) groups excluding carboxylic acids is 2. The monoisotopic (exact) mass is 444 g/mol. The average molecular weight is 445 g/mol. The van der Waals surface area contributed by atoms with E-state index in [1.54, 1.807) is 22.8 Å². The number of anilines is 1. The molecular weight excluding hydrogens is 424 g/mol. The van der Waals surface area contributed by atoms with Crippen LogP contribution in [0.15, 0.2) is 72.0 Å². The van der Waals surface area contributed by atoms with E-state index in [1.165, 1.54) is 18.1 Å². The van der Waals surface area contributed by atoms with Crippen molar-refractivity contribution in [3.05, 3.63) is 78.5 Å². The van der Waals surface area contributed by atoms with Crippen LogP contribution in [0.3, 0.4) is 0 Å². The smallest absolute Gasteiger partial charge is 0.291 e. The number of carbonyl (C=O) groups is 2. The summed E-state index contributed by atoms with van der Waals surface area (Å²) in [5.74, 6) is -0.206. The quantitative estimate of drug-likeness (QED) is 0.520. The molecule has 1 N–H and O–H groups in total. The van der Waals surface area contributed by atoms with Crippen LogP contribution >= 0.6 is 11.8 Å². The molecule has 2 amide bonds. The summed E-state index contributed by atoms with van der Waals surface area (Å²) >= 11 is 1.53. The molecule has 1 aliphatic rings. The number of benzene rings is 2. The van der Waals surface area contributed by atoms with Crippen LogP contribution in [0.25, 0.3) is 10.9 Å². The first-order chi connectivity index (χ1) is 15.6. The van der Waals surface area contributed by atoms with E-state index in [0.717, 1.165) is 27.0 Å². The van der Waals surface area contributed by atoms with Gasteiger partial charge >= 0.3 is 0 Å². The molecule has 160 valence electrons. The van der Waals surface area contributed by atoms with Gasteiger partial charge in [-0.15, -0.1) is 16.9 Å². The minimum absolute atomic E-state index is 0.0396. The molecule has 8 nitrogen and oxygen atoms in total. The number of pyridine rings is 1. The molecule has 2 aromatic carbocycles. The second kappa shape index (κ2) is 8.43. The average Bonchev–Trinajstić information content (AvgIpc) is 3.25. The second-order valence-corrected chi connectivity index (χ2v) is 8.53. The summed E-state index contributed by atoms with van der Waals surface area (Å²) in [5, 5.41) is 7.99. The Kier molecular flexibility index (Phi) is 5.32. The molecule has 2 aromatic heterocycles. The van der Waals surface area contributed by atoms with Crippen LogP contribution < -0.4 is 10.2 Å². The maximum atomic E-state index is 13.2. The van der Waals surface area contributed by atoms with Gasteiger partial charge < -0.3 is 10.2 Å². The summed E-state index contributed by atoms with van der Waals surface area (Å²) in [6.07, 6.45) is 3.25. The highest BCUT2D eigenvalue weighted by atomic mass is 32.2. The van der Waals surface area contributed by atoms with Gasteiger partial charge in [0, 0.05) is 29.3 Å². The van der Waals surface area contributed by atoms with E-state index < -0.39 is 11.9 Å². The second-order valence-electron chi connectivity index (χ2n) is 7.47. The third-order valence-electron chi connectivity index (χ3n) is 5.32. The molecule has 0 saturated heterocycles. The van der Waals surface area contributed by atoms with Gasteiger partial charge in [0.25, 0.3) is 5.91 Å². The number of amides is 2. The van der Waals surface area contributed by atoms with E-state index in [2.05, 4.69) is 20.4 Å².